The molecule has 4 nitrogen and oxygen atoms in total. The molecule has 0 bridgehead atoms. The van der Waals surface area contributed by atoms with Gasteiger partial charge in [-0.15, -0.1) is 22.7 Å². The summed E-state index contributed by atoms with van der Waals surface area (Å²) < 4.78 is 5.32. The largest absolute Gasteiger partial charge is 0.496 e. The molecule has 0 aliphatic rings. The number of nitrogens with one attached hydrogen (secondary N) is 1. The average Bonchev–Trinajstić information content (AvgIpc) is 3.27. The predicted octanol–water partition coefficient (Wildman–Crippen LogP) is 4.44. The van der Waals surface area contributed by atoms with Gasteiger partial charge in [0.2, 0.25) is 5.91 Å². The van der Waals surface area contributed by atoms with Crippen LogP contribution in [0.4, 0.5) is 0 Å². The highest BCUT2D eigenvalue weighted by Gasteiger charge is 2.09. The maximum Gasteiger partial charge on any atom is 0.220 e. The molecule has 0 saturated carbocycles. The van der Waals surface area contributed by atoms with Crippen LogP contribution < -0.4 is 10.1 Å². The number of carbonyl (C=O) groups is 1. The van der Waals surface area contributed by atoms with Gasteiger partial charge >= 0.3 is 0 Å². The van der Waals surface area contributed by atoms with Gasteiger partial charge in [-0.2, -0.15) is 0 Å². The third-order valence-electron chi connectivity index (χ3n) is 3.81. The molecule has 2 aromatic heterocycles. The van der Waals surface area contributed by atoms with Crippen LogP contribution in [0.2, 0.25) is 0 Å². The Morgan fingerprint density at radius 2 is 2.08 bits per heavy atom. The number of nitrogens with zero attached hydrogens (tertiary/aromatic N) is 1. The number of rotatable bonds is 7. The second-order valence-corrected chi connectivity index (χ2v) is 7.84. The number of benzene rings is 1. The summed E-state index contributed by atoms with van der Waals surface area (Å²) in [5.41, 5.74) is 2.07. The molecule has 25 heavy (non-hydrogen) atoms. The van der Waals surface area contributed by atoms with Crippen LogP contribution in [0.1, 0.15) is 21.9 Å². The SMILES string of the molecule is COc1ccccc1CCC(=O)NCc1ccc(-c2csc(C)n2)s1. The Balaban J connectivity index is 1.50. The highest BCUT2D eigenvalue weighted by molar-refractivity contribution is 7.16. The number of hydrogen-bond acceptors (Lipinski definition) is 5. The number of ether oxygens (including phenoxy) is 1. The van der Waals surface area contributed by atoms with Gasteiger partial charge in [-0.1, -0.05) is 18.2 Å². The van der Waals surface area contributed by atoms with Crippen molar-refractivity contribution in [1.29, 1.82) is 0 Å². The highest BCUT2D eigenvalue weighted by atomic mass is 32.1. The Morgan fingerprint density at radius 3 is 2.84 bits per heavy atom. The molecule has 3 rings (SSSR count). The van der Waals surface area contributed by atoms with E-state index in [1.54, 1.807) is 29.8 Å². The van der Waals surface area contributed by atoms with Gasteiger partial charge in [0.25, 0.3) is 0 Å². The van der Waals surface area contributed by atoms with Crippen LogP contribution >= 0.6 is 22.7 Å². The molecule has 0 atom stereocenters. The van der Waals surface area contributed by atoms with Crippen molar-refractivity contribution in [2.24, 2.45) is 0 Å². The molecule has 0 fully saturated rings. The zero-order valence-corrected chi connectivity index (χ0v) is 15.9. The van der Waals surface area contributed by atoms with Gasteiger partial charge in [-0.05, 0) is 37.1 Å². The van der Waals surface area contributed by atoms with Gasteiger partial charge in [-0.25, -0.2) is 4.98 Å². The smallest absolute Gasteiger partial charge is 0.220 e. The van der Waals surface area contributed by atoms with Crippen LogP contribution in [0.5, 0.6) is 5.75 Å². The summed E-state index contributed by atoms with van der Waals surface area (Å²) >= 11 is 3.32. The summed E-state index contributed by atoms with van der Waals surface area (Å²) in [7, 11) is 1.65. The first kappa shape index (κ1) is 17.6. The molecular weight excluding hydrogens is 352 g/mol. The molecule has 1 aromatic carbocycles. The topological polar surface area (TPSA) is 51.2 Å². The van der Waals surface area contributed by atoms with E-state index < -0.39 is 0 Å². The molecule has 0 aliphatic carbocycles. The number of aromatic nitrogens is 1. The van der Waals surface area contributed by atoms with E-state index >= 15 is 0 Å². The van der Waals surface area contributed by atoms with Crippen molar-refractivity contribution >= 4 is 28.6 Å². The van der Waals surface area contributed by atoms with Gasteiger partial charge in [0, 0.05) is 16.7 Å². The molecule has 3 aromatic rings. The standard InChI is InChI=1S/C19H20N2O2S2/c1-13-21-16(12-24-13)18-9-8-15(25-18)11-20-19(22)10-7-14-5-3-4-6-17(14)23-2/h3-6,8-9,12H,7,10-11H2,1-2H3,(H,20,22). The van der Waals surface area contributed by atoms with Crippen molar-refractivity contribution in [3.63, 3.8) is 0 Å². The summed E-state index contributed by atoms with van der Waals surface area (Å²) in [5.74, 6) is 0.877. The maximum absolute atomic E-state index is 12.1. The van der Waals surface area contributed by atoms with Crippen molar-refractivity contribution < 1.29 is 9.53 Å². The second kappa shape index (κ2) is 8.27. The second-order valence-electron chi connectivity index (χ2n) is 5.61. The van der Waals surface area contributed by atoms with E-state index in [-0.39, 0.29) is 5.91 Å². The van der Waals surface area contributed by atoms with Gasteiger partial charge in [0.1, 0.15) is 5.75 Å². The molecule has 130 valence electrons. The van der Waals surface area contributed by atoms with Crippen molar-refractivity contribution in [3.05, 3.63) is 57.2 Å². The number of thiazole rings is 1. The van der Waals surface area contributed by atoms with Crippen molar-refractivity contribution in [3.8, 4) is 16.3 Å². The van der Waals surface area contributed by atoms with E-state index in [4.69, 9.17) is 4.74 Å². The van der Waals surface area contributed by atoms with Crippen LogP contribution in [-0.4, -0.2) is 18.0 Å². The molecule has 0 unspecified atom stereocenters. The third-order valence-corrected chi connectivity index (χ3v) is 5.69. The zero-order chi connectivity index (χ0) is 17.6. The first-order chi connectivity index (χ1) is 12.2. The molecule has 1 N–H and O–H groups in total. The lowest BCUT2D eigenvalue weighted by Crippen LogP contribution is -2.22. The third kappa shape index (κ3) is 4.67. The van der Waals surface area contributed by atoms with Crippen LogP contribution in [0.3, 0.4) is 0 Å². The van der Waals surface area contributed by atoms with Crippen molar-refractivity contribution in [2.45, 2.75) is 26.3 Å². The minimum Gasteiger partial charge on any atom is -0.496 e. The number of hydrogen-bond donors (Lipinski definition) is 1. The van der Waals surface area contributed by atoms with Gasteiger partial charge in [0.15, 0.2) is 0 Å². The van der Waals surface area contributed by atoms with Crippen LogP contribution in [0, 0.1) is 6.92 Å². The van der Waals surface area contributed by atoms with E-state index in [9.17, 15) is 4.79 Å². The number of thiophene rings is 1. The van der Waals surface area contributed by atoms with Crippen LogP contribution in [0.15, 0.2) is 41.8 Å². The molecule has 6 heteroatoms. The first-order valence-electron chi connectivity index (χ1n) is 8.05. The zero-order valence-electron chi connectivity index (χ0n) is 14.2. The lowest BCUT2D eigenvalue weighted by Gasteiger charge is -2.08. The van der Waals surface area contributed by atoms with Crippen molar-refractivity contribution in [1.82, 2.24) is 10.3 Å². The molecule has 1 amide bonds. The Kier molecular flexibility index (Phi) is 5.83. The van der Waals surface area contributed by atoms with E-state index in [1.165, 1.54) is 0 Å². The molecule has 2 heterocycles. The van der Waals surface area contributed by atoms with Crippen LogP contribution in [-0.2, 0) is 17.8 Å². The van der Waals surface area contributed by atoms with Gasteiger partial charge in [0.05, 0.1) is 29.2 Å². The number of carbonyl (C=O) groups excluding carboxylic acids is 1. The summed E-state index contributed by atoms with van der Waals surface area (Å²) in [6.07, 6.45) is 1.12. The van der Waals surface area contributed by atoms with Gasteiger partial charge < -0.3 is 10.1 Å². The average molecular weight is 373 g/mol. The summed E-state index contributed by atoms with van der Waals surface area (Å²) in [4.78, 5) is 18.9. The number of methoxy groups -OCH3 is 1. The lowest BCUT2D eigenvalue weighted by molar-refractivity contribution is -0.121. The molecule has 0 aliphatic heterocycles. The molecule has 0 spiro atoms. The van der Waals surface area contributed by atoms with E-state index in [0.29, 0.717) is 19.4 Å². The summed E-state index contributed by atoms with van der Waals surface area (Å²) in [6, 6.07) is 11.9. The monoisotopic (exact) mass is 372 g/mol. The van der Waals surface area contributed by atoms with E-state index in [2.05, 4.69) is 27.8 Å². The summed E-state index contributed by atoms with van der Waals surface area (Å²) in [6.45, 7) is 2.56. The Morgan fingerprint density at radius 1 is 1.24 bits per heavy atom. The van der Waals surface area contributed by atoms with E-state index in [1.807, 2.05) is 31.2 Å². The number of aryl methyl sites for hydroxylation is 2. The number of para-hydroxylation sites is 1. The van der Waals surface area contributed by atoms with Crippen molar-refractivity contribution in [2.75, 3.05) is 7.11 Å². The minimum absolute atomic E-state index is 0.0466. The fraction of sp³-hybridized carbons (Fsp3) is 0.263. The lowest BCUT2D eigenvalue weighted by atomic mass is 10.1. The number of amides is 1. The minimum atomic E-state index is 0.0466. The quantitative estimate of drug-likeness (QED) is 0.667. The fourth-order valence-electron chi connectivity index (χ4n) is 2.52. The van der Waals surface area contributed by atoms with Gasteiger partial charge in [-0.3, -0.25) is 4.79 Å². The fourth-order valence-corrected chi connectivity index (χ4v) is 4.11. The Hall–Kier alpha value is -2.18. The van der Waals surface area contributed by atoms with E-state index in [0.717, 1.165) is 31.8 Å². The Labute approximate surface area is 155 Å². The molecule has 0 saturated heterocycles. The Bertz CT molecular complexity index is 854. The summed E-state index contributed by atoms with van der Waals surface area (Å²) in [5, 5.41) is 6.12. The predicted molar refractivity (Wildman–Crippen MR) is 103 cm³/mol. The normalized spacial score (nSPS) is 10.6. The molecule has 0 radical (unpaired) electrons. The highest BCUT2D eigenvalue weighted by Crippen LogP contribution is 2.29. The van der Waals surface area contributed by atoms with Crippen LogP contribution in [0.25, 0.3) is 10.6 Å². The molecular formula is C19H20N2O2S2. The maximum atomic E-state index is 12.1. The first-order valence-corrected chi connectivity index (χ1v) is 9.75.